The topological polar surface area (TPSA) is 0 Å². The zero-order valence-corrected chi connectivity index (χ0v) is 20.6. The van der Waals surface area contributed by atoms with Crippen molar-refractivity contribution in [2.24, 2.45) is 5.41 Å². The van der Waals surface area contributed by atoms with Crippen LogP contribution in [0.3, 0.4) is 0 Å². The van der Waals surface area contributed by atoms with Gasteiger partial charge in [0.1, 0.15) is 0 Å². The van der Waals surface area contributed by atoms with Gasteiger partial charge in [0.15, 0.2) is 0 Å². The Morgan fingerprint density at radius 3 is 2.06 bits per heavy atom. The molecule has 0 aromatic heterocycles. The SMILES string of the molecule is CC1=C(C(C)(C)C2c3ccccc3-c3ccccc32)C2=Cc3cc(Br)ccc3C(C)C2=C1. The second kappa shape index (κ2) is 6.93. The predicted octanol–water partition coefficient (Wildman–Crippen LogP) is 9.04. The Labute approximate surface area is 199 Å². The number of hydrogen-bond acceptors (Lipinski definition) is 0. The van der Waals surface area contributed by atoms with Gasteiger partial charge in [0.2, 0.25) is 0 Å². The summed E-state index contributed by atoms with van der Waals surface area (Å²) in [5.41, 5.74) is 14.3. The van der Waals surface area contributed by atoms with Crippen LogP contribution in [-0.4, -0.2) is 0 Å². The Bertz CT molecular complexity index is 1330. The first kappa shape index (κ1) is 20.0. The summed E-state index contributed by atoms with van der Waals surface area (Å²) in [7, 11) is 0. The van der Waals surface area contributed by atoms with Crippen molar-refractivity contribution in [3.8, 4) is 11.1 Å². The average Bonchev–Trinajstić information content (AvgIpc) is 3.29. The van der Waals surface area contributed by atoms with Crippen molar-refractivity contribution < 1.29 is 0 Å². The number of allylic oxidation sites excluding steroid dienone is 5. The van der Waals surface area contributed by atoms with Crippen LogP contribution in [0.15, 0.2) is 99.6 Å². The summed E-state index contributed by atoms with van der Waals surface area (Å²) in [6.45, 7) is 9.57. The molecule has 6 rings (SSSR count). The number of fused-ring (bicyclic) bond motifs is 5. The van der Waals surface area contributed by atoms with E-state index in [2.05, 4.69) is 123 Å². The van der Waals surface area contributed by atoms with Crippen LogP contribution in [0.1, 0.15) is 61.8 Å². The van der Waals surface area contributed by atoms with Gasteiger partial charge >= 0.3 is 0 Å². The molecule has 3 aliphatic carbocycles. The van der Waals surface area contributed by atoms with Crippen molar-refractivity contribution in [3.63, 3.8) is 0 Å². The molecule has 158 valence electrons. The minimum Gasteiger partial charge on any atom is -0.0619 e. The largest absolute Gasteiger partial charge is 0.0619 e. The van der Waals surface area contributed by atoms with E-state index in [0.717, 1.165) is 4.47 Å². The van der Waals surface area contributed by atoms with Crippen LogP contribution in [0.25, 0.3) is 17.2 Å². The molecular weight excluding hydrogens is 452 g/mol. The number of benzene rings is 3. The number of hydrogen-bond donors (Lipinski definition) is 0. The molecule has 0 nitrogen and oxygen atoms in total. The van der Waals surface area contributed by atoms with Crippen LogP contribution in [0.2, 0.25) is 0 Å². The second-order valence-corrected chi connectivity index (χ2v) is 11.0. The Balaban J connectivity index is 1.54. The van der Waals surface area contributed by atoms with Gasteiger partial charge in [-0.25, -0.2) is 0 Å². The number of rotatable bonds is 2. The quantitative estimate of drug-likeness (QED) is 0.344. The Hall–Kier alpha value is -2.64. The van der Waals surface area contributed by atoms with Crippen molar-refractivity contribution in [3.05, 3.63) is 122 Å². The zero-order chi connectivity index (χ0) is 22.2. The molecule has 0 spiro atoms. The fourth-order valence-electron chi connectivity index (χ4n) is 6.57. The van der Waals surface area contributed by atoms with Crippen molar-refractivity contribution in [2.75, 3.05) is 0 Å². The summed E-state index contributed by atoms with van der Waals surface area (Å²) >= 11 is 3.68. The van der Waals surface area contributed by atoms with Gasteiger partial charge in [-0.15, -0.1) is 0 Å². The van der Waals surface area contributed by atoms with Crippen molar-refractivity contribution in [2.45, 2.75) is 39.5 Å². The smallest absolute Gasteiger partial charge is 0.0194 e. The third-order valence-electron chi connectivity index (χ3n) is 7.83. The van der Waals surface area contributed by atoms with Crippen LogP contribution in [-0.2, 0) is 0 Å². The van der Waals surface area contributed by atoms with Crippen LogP contribution in [0, 0.1) is 5.41 Å². The van der Waals surface area contributed by atoms with Gasteiger partial charge in [0.05, 0.1) is 0 Å². The molecule has 1 unspecified atom stereocenters. The highest BCUT2D eigenvalue weighted by atomic mass is 79.9. The van der Waals surface area contributed by atoms with E-state index in [1.54, 1.807) is 0 Å². The van der Waals surface area contributed by atoms with E-state index in [1.807, 2.05) is 0 Å². The lowest BCUT2D eigenvalue weighted by molar-refractivity contribution is 0.398. The minimum atomic E-state index is -0.0416. The van der Waals surface area contributed by atoms with Gasteiger partial charge in [-0.05, 0) is 80.8 Å². The van der Waals surface area contributed by atoms with Gasteiger partial charge in [-0.1, -0.05) is 97.4 Å². The van der Waals surface area contributed by atoms with E-state index < -0.39 is 0 Å². The van der Waals surface area contributed by atoms with Crippen molar-refractivity contribution in [1.82, 2.24) is 0 Å². The zero-order valence-electron chi connectivity index (χ0n) is 19.0. The first-order valence-electron chi connectivity index (χ1n) is 11.5. The molecule has 0 saturated carbocycles. The van der Waals surface area contributed by atoms with Crippen molar-refractivity contribution >= 4 is 22.0 Å². The lowest BCUT2D eigenvalue weighted by atomic mass is 9.65. The first-order chi connectivity index (χ1) is 15.4. The average molecular weight is 479 g/mol. The lowest BCUT2D eigenvalue weighted by Gasteiger charge is -2.38. The molecule has 0 amide bonds. The fourth-order valence-corrected chi connectivity index (χ4v) is 6.95. The molecular formula is C31H27Br. The Kier molecular flexibility index (Phi) is 4.33. The highest BCUT2D eigenvalue weighted by Gasteiger charge is 2.45. The van der Waals surface area contributed by atoms with Gasteiger partial charge < -0.3 is 0 Å². The van der Waals surface area contributed by atoms with E-state index in [0.29, 0.717) is 11.8 Å². The summed E-state index contributed by atoms with van der Waals surface area (Å²) in [5.74, 6) is 0.747. The van der Waals surface area contributed by atoms with E-state index >= 15 is 0 Å². The second-order valence-electron chi connectivity index (χ2n) is 10.0. The minimum absolute atomic E-state index is 0.0416. The molecule has 0 heterocycles. The van der Waals surface area contributed by atoms with E-state index in [4.69, 9.17) is 0 Å². The van der Waals surface area contributed by atoms with Gasteiger partial charge in [0.25, 0.3) is 0 Å². The molecule has 32 heavy (non-hydrogen) atoms. The van der Waals surface area contributed by atoms with Crippen molar-refractivity contribution in [1.29, 1.82) is 0 Å². The first-order valence-corrected chi connectivity index (χ1v) is 12.3. The highest BCUT2D eigenvalue weighted by Crippen LogP contribution is 2.60. The maximum absolute atomic E-state index is 3.68. The van der Waals surface area contributed by atoms with Gasteiger partial charge in [0, 0.05) is 21.7 Å². The normalized spacial score (nSPS) is 19.2. The van der Waals surface area contributed by atoms with Crippen LogP contribution < -0.4 is 0 Å². The molecule has 3 aromatic carbocycles. The van der Waals surface area contributed by atoms with E-state index in [9.17, 15) is 0 Å². The van der Waals surface area contributed by atoms with Crippen LogP contribution in [0.4, 0.5) is 0 Å². The van der Waals surface area contributed by atoms with Gasteiger partial charge in [-0.3, -0.25) is 0 Å². The molecule has 0 bridgehead atoms. The highest BCUT2D eigenvalue weighted by molar-refractivity contribution is 9.10. The summed E-state index contributed by atoms with van der Waals surface area (Å²) in [5, 5.41) is 0. The molecule has 1 atom stereocenters. The number of halogens is 1. The standard InChI is InChI=1S/C31H27Br/c1-18-15-27-19(2)22-14-13-21(32)16-20(22)17-28(27)29(18)31(3,4)30-25-11-7-5-9-23(25)24-10-6-8-12-26(24)30/h5-17,19,30H,1-4H3. The summed E-state index contributed by atoms with van der Waals surface area (Å²) < 4.78 is 1.14. The Morgan fingerprint density at radius 2 is 1.41 bits per heavy atom. The third kappa shape index (κ3) is 2.67. The molecule has 1 heteroatoms. The summed E-state index contributed by atoms with van der Waals surface area (Å²) in [6, 6.07) is 24.7. The molecule has 0 N–H and O–H groups in total. The Morgan fingerprint density at radius 1 is 0.781 bits per heavy atom. The van der Waals surface area contributed by atoms with Gasteiger partial charge in [-0.2, -0.15) is 0 Å². The summed E-state index contributed by atoms with van der Waals surface area (Å²) in [4.78, 5) is 0. The predicted molar refractivity (Wildman–Crippen MR) is 139 cm³/mol. The van der Waals surface area contributed by atoms with Crippen LogP contribution in [0.5, 0.6) is 0 Å². The molecule has 0 aliphatic heterocycles. The molecule has 3 aliphatic rings. The molecule has 3 aromatic rings. The van der Waals surface area contributed by atoms with Crippen LogP contribution >= 0.6 is 15.9 Å². The molecule has 0 radical (unpaired) electrons. The van der Waals surface area contributed by atoms with E-state index in [1.165, 1.54) is 55.7 Å². The maximum atomic E-state index is 3.68. The fraction of sp³-hybridized carbons (Fsp3) is 0.226. The molecule has 0 saturated heterocycles. The monoisotopic (exact) mass is 478 g/mol. The summed E-state index contributed by atoms with van der Waals surface area (Å²) in [6.07, 6.45) is 4.89. The van der Waals surface area contributed by atoms with E-state index in [-0.39, 0.29) is 5.41 Å². The third-order valence-corrected chi connectivity index (χ3v) is 8.32. The lowest BCUT2D eigenvalue weighted by Crippen LogP contribution is -2.26. The maximum Gasteiger partial charge on any atom is 0.0194 e. The molecule has 0 fully saturated rings.